The number of halogens is 2. The lowest BCUT2D eigenvalue weighted by molar-refractivity contribution is -0.384. The van der Waals surface area contributed by atoms with Crippen LogP contribution in [0, 0.1) is 15.9 Å². The van der Waals surface area contributed by atoms with Crippen molar-refractivity contribution in [2.24, 2.45) is 0 Å². The molecule has 0 aliphatic heterocycles. The van der Waals surface area contributed by atoms with E-state index in [0.717, 1.165) is 12.1 Å². The predicted molar refractivity (Wildman–Crippen MR) is 74.9 cm³/mol. The molecular formula is C12H9BrFN3O2. The van der Waals surface area contributed by atoms with Crippen LogP contribution in [-0.4, -0.2) is 4.92 Å². The molecule has 0 saturated carbocycles. The number of nitro benzene ring substituents is 1. The van der Waals surface area contributed by atoms with Crippen LogP contribution < -0.4 is 11.1 Å². The Kier molecular flexibility index (Phi) is 3.66. The monoisotopic (exact) mass is 325 g/mol. The van der Waals surface area contributed by atoms with Gasteiger partial charge in [-0.15, -0.1) is 0 Å². The number of nitrogens with one attached hydrogen (secondary N) is 1. The summed E-state index contributed by atoms with van der Waals surface area (Å²) in [7, 11) is 0. The minimum absolute atomic E-state index is 0.0436. The summed E-state index contributed by atoms with van der Waals surface area (Å²) >= 11 is 2.92. The van der Waals surface area contributed by atoms with Gasteiger partial charge in [0.2, 0.25) is 0 Å². The standard InChI is InChI=1S/C12H9BrFN3O2/c13-9-5-12(17(18)19)11(6-10(9)14)16-8-3-1-7(15)2-4-8/h1-6,16H,15H2. The summed E-state index contributed by atoms with van der Waals surface area (Å²) in [4.78, 5) is 10.4. The van der Waals surface area contributed by atoms with E-state index < -0.39 is 10.7 Å². The molecule has 0 saturated heterocycles. The topological polar surface area (TPSA) is 81.2 Å². The molecule has 19 heavy (non-hydrogen) atoms. The Hall–Kier alpha value is -2.15. The van der Waals surface area contributed by atoms with E-state index in [9.17, 15) is 14.5 Å². The second-order valence-corrected chi connectivity index (χ2v) is 4.64. The number of nitrogen functional groups attached to an aromatic ring is 1. The first-order chi connectivity index (χ1) is 8.97. The summed E-state index contributed by atoms with van der Waals surface area (Å²) in [5, 5.41) is 13.7. The van der Waals surface area contributed by atoms with Gasteiger partial charge in [-0.05, 0) is 40.2 Å². The van der Waals surface area contributed by atoms with E-state index in [2.05, 4.69) is 21.2 Å². The molecule has 0 amide bonds. The first-order valence-electron chi connectivity index (χ1n) is 5.23. The van der Waals surface area contributed by atoms with E-state index in [1.54, 1.807) is 24.3 Å². The van der Waals surface area contributed by atoms with Crippen LogP contribution in [0.1, 0.15) is 0 Å². The number of nitro groups is 1. The number of nitrogens with two attached hydrogens (primary N) is 1. The van der Waals surface area contributed by atoms with E-state index >= 15 is 0 Å². The molecule has 0 spiro atoms. The fraction of sp³-hybridized carbons (Fsp3) is 0. The first kappa shape index (κ1) is 13.3. The van der Waals surface area contributed by atoms with Crippen molar-refractivity contribution in [3.63, 3.8) is 0 Å². The molecule has 0 aromatic heterocycles. The Morgan fingerprint density at radius 3 is 2.47 bits per heavy atom. The van der Waals surface area contributed by atoms with Crippen molar-refractivity contribution in [1.29, 1.82) is 0 Å². The summed E-state index contributed by atoms with van der Waals surface area (Å²) in [5.41, 5.74) is 6.56. The predicted octanol–water partition coefficient (Wildman–Crippen LogP) is 3.82. The molecule has 0 unspecified atom stereocenters. The lowest BCUT2D eigenvalue weighted by atomic mass is 10.2. The molecule has 98 valence electrons. The third kappa shape index (κ3) is 3.00. The Bertz CT molecular complexity index is 632. The van der Waals surface area contributed by atoms with Gasteiger partial charge in [0.15, 0.2) is 0 Å². The average molecular weight is 326 g/mol. The molecule has 2 aromatic carbocycles. The van der Waals surface area contributed by atoms with Crippen molar-refractivity contribution >= 4 is 38.7 Å². The molecule has 0 aliphatic carbocycles. The van der Waals surface area contributed by atoms with E-state index in [4.69, 9.17) is 5.73 Å². The number of hydrogen-bond acceptors (Lipinski definition) is 4. The van der Waals surface area contributed by atoms with Gasteiger partial charge in [0, 0.05) is 23.5 Å². The largest absolute Gasteiger partial charge is 0.399 e. The van der Waals surface area contributed by atoms with Crippen molar-refractivity contribution in [3.05, 3.63) is 56.8 Å². The van der Waals surface area contributed by atoms with Gasteiger partial charge in [0.25, 0.3) is 5.69 Å². The summed E-state index contributed by atoms with van der Waals surface area (Å²) in [5.74, 6) is -0.580. The molecule has 0 atom stereocenters. The van der Waals surface area contributed by atoms with Crippen LogP contribution >= 0.6 is 15.9 Å². The van der Waals surface area contributed by atoms with Gasteiger partial charge in [0.1, 0.15) is 11.5 Å². The van der Waals surface area contributed by atoms with Crippen molar-refractivity contribution in [2.75, 3.05) is 11.1 Å². The molecule has 7 heteroatoms. The van der Waals surface area contributed by atoms with Crippen LogP contribution in [0.25, 0.3) is 0 Å². The highest BCUT2D eigenvalue weighted by Crippen LogP contribution is 2.32. The lowest BCUT2D eigenvalue weighted by Gasteiger charge is -2.08. The Labute approximate surface area is 116 Å². The van der Waals surface area contributed by atoms with Crippen LogP contribution in [0.3, 0.4) is 0 Å². The zero-order chi connectivity index (χ0) is 14.0. The Morgan fingerprint density at radius 2 is 1.89 bits per heavy atom. The molecular weight excluding hydrogens is 317 g/mol. The van der Waals surface area contributed by atoms with Gasteiger partial charge >= 0.3 is 0 Å². The van der Waals surface area contributed by atoms with E-state index in [1.807, 2.05) is 0 Å². The third-order valence-electron chi connectivity index (χ3n) is 2.42. The highest BCUT2D eigenvalue weighted by molar-refractivity contribution is 9.10. The number of nitrogens with zero attached hydrogens (tertiary/aromatic N) is 1. The van der Waals surface area contributed by atoms with Gasteiger partial charge in [0.05, 0.1) is 9.40 Å². The zero-order valence-electron chi connectivity index (χ0n) is 9.56. The number of hydrogen-bond donors (Lipinski definition) is 2. The van der Waals surface area contributed by atoms with Crippen LogP contribution in [0.2, 0.25) is 0 Å². The minimum Gasteiger partial charge on any atom is -0.399 e. The van der Waals surface area contributed by atoms with Crippen LogP contribution in [0.4, 0.5) is 27.1 Å². The molecule has 0 radical (unpaired) electrons. The Morgan fingerprint density at radius 1 is 1.26 bits per heavy atom. The summed E-state index contributed by atoms with van der Waals surface area (Å²) in [6, 6.07) is 8.78. The molecule has 0 fully saturated rings. The number of benzene rings is 2. The van der Waals surface area contributed by atoms with E-state index in [0.29, 0.717) is 11.4 Å². The van der Waals surface area contributed by atoms with Crippen LogP contribution in [-0.2, 0) is 0 Å². The fourth-order valence-corrected chi connectivity index (χ4v) is 1.84. The molecule has 5 nitrogen and oxygen atoms in total. The SMILES string of the molecule is Nc1ccc(Nc2cc(F)c(Br)cc2[N+](=O)[O-])cc1. The van der Waals surface area contributed by atoms with Gasteiger partial charge in [-0.3, -0.25) is 10.1 Å². The normalized spacial score (nSPS) is 10.2. The van der Waals surface area contributed by atoms with Gasteiger partial charge < -0.3 is 11.1 Å². The third-order valence-corrected chi connectivity index (χ3v) is 3.03. The van der Waals surface area contributed by atoms with Gasteiger partial charge in [-0.25, -0.2) is 4.39 Å². The summed E-state index contributed by atoms with van der Waals surface area (Å²) in [6.45, 7) is 0. The highest BCUT2D eigenvalue weighted by atomic mass is 79.9. The number of rotatable bonds is 3. The second kappa shape index (κ2) is 5.23. The summed E-state index contributed by atoms with van der Waals surface area (Å²) < 4.78 is 13.5. The number of anilines is 3. The van der Waals surface area contributed by atoms with Gasteiger partial charge in [-0.2, -0.15) is 0 Å². The summed E-state index contributed by atoms with van der Waals surface area (Å²) in [6.07, 6.45) is 0. The van der Waals surface area contributed by atoms with Crippen LogP contribution in [0.15, 0.2) is 40.9 Å². The smallest absolute Gasteiger partial charge is 0.294 e. The molecule has 2 rings (SSSR count). The van der Waals surface area contributed by atoms with Gasteiger partial charge in [-0.1, -0.05) is 0 Å². The maximum Gasteiger partial charge on any atom is 0.294 e. The Balaban J connectivity index is 2.41. The van der Waals surface area contributed by atoms with E-state index in [-0.39, 0.29) is 15.8 Å². The fourth-order valence-electron chi connectivity index (χ4n) is 1.51. The molecule has 0 heterocycles. The van der Waals surface area contributed by atoms with Crippen molar-refractivity contribution in [3.8, 4) is 0 Å². The maximum atomic E-state index is 13.5. The second-order valence-electron chi connectivity index (χ2n) is 3.79. The quantitative estimate of drug-likeness (QED) is 0.510. The van der Waals surface area contributed by atoms with E-state index in [1.165, 1.54) is 0 Å². The van der Waals surface area contributed by atoms with Crippen molar-refractivity contribution in [1.82, 2.24) is 0 Å². The highest BCUT2D eigenvalue weighted by Gasteiger charge is 2.17. The molecule has 2 aromatic rings. The zero-order valence-corrected chi connectivity index (χ0v) is 11.1. The average Bonchev–Trinajstić information content (AvgIpc) is 2.36. The molecule has 0 bridgehead atoms. The molecule has 3 N–H and O–H groups in total. The maximum absolute atomic E-state index is 13.5. The molecule has 0 aliphatic rings. The first-order valence-corrected chi connectivity index (χ1v) is 6.02. The van der Waals surface area contributed by atoms with Crippen molar-refractivity contribution < 1.29 is 9.31 Å². The minimum atomic E-state index is -0.580. The lowest BCUT2D eigenvalue weighted by Crippen LogP contribution is -1.98. The van der Waals surface area contributed by atoms with Crippen LogP contribution in [0.5, 0.6) is 0 Å². The van der Waals surface area contributed by atoms with Crippen molar-refractivity contribution in [2.45, 2.75) is 0 Å².